The lowest BCUT2D eigenvalue weighted by atomic mass is 9.97. The van der Waals surface area contributed by atoms with Crippen molar-refractivity contribution in [2.45, 2.75) is 32.6 Å². The van der Waals surface area contributed by atoms with Crippen LogP contribution in [0.15, 0.2) is 18.5 Å². The van der Waals surface area contributed by atoms with Gasteiger partial charge in [-0.25, -0.2) is 15.0 Å². The molecule has 4 nitrogen and oxygen atoms in total. The van der Waals surface area contributed by atoms with E-state index in [1.54, 1.807) is 12.3 Å². The van der Waals surface area contributed by atoms with Crippen LogP contribution in [0, 0.1) is 6.92 Å². The zero-order valence-electron chi connectivity index (χ0n) is 10.3. The molecule has 4 heteroatoms. The summed E-state index contributed by atoms with van der Waals surface area (Å²) < 4.78 is 0. The molecule has 0 aliphatic heterocycles. The Hall–Kier alpha value is -1.97. The van der Waals surface area contributed by atoms with Crippen molar-refractivity contribution >= 4 is 0 Å². The molecule has 0 radical (unpaired) electrons. The van der Waals surface area contributed by atoms with Gasteiger partial charge in [0, 0.05) is 18.1 Å². The molecule has 0 fully saturated rings. The van der Waals surface area contributed by atoms with Gasteiger partial charge in [-0.2, -0.15) is 0 Å². The van der Waals surface area contributed by atoms with Gasteiger partial charge in [0.1, 0.15) is 11.4 Å². The zero-order valence-corrected chi connectivity index (χ0v) is 10.3. The van der Waals surface area contributed by atoms with Crippen molar-refractivity contribution in [3.8, 4) is 17.3 Å². The topological polar surface area (TPSA) is 58.9 Å². The van der Waals surface area contributed by atoms with Gasteiger partial charge in [-0.05, 0) is 49.8 Å². The van der Waals surface area contributed by atoms with Crippen molar-refractivity contribution in [3.05, 3.63) is 35.3 Å². The molecule has 92 valence electrons. The van der Waals surface area contributed by atoms with Crippen molar-refractivity contribution in [2.24, 2.45) is 0 Å². The molecule has 0 aromatic carbocycles. The largest absolute Gasteiger partial charge is 0.506 e. The maximum absolute atomic E-state index is 9.91. The highest BCUT2D eigenvalue weighted by Crippen LogP contribution is 2.26. The van der Waals surface area contributed by atoms with E-state index >= 15 is 0 Å². The van der Waals surface area contributed by atoms with Crippen LogP contribution in [-0.2, 0) is 12.8 Å². The van der Waals surface area contributed by atoms with Gasteiger partial charge in [0.2, 0.25) is 0 Å². The van der Waals surface area contributed by atoms with Crippen LogP contribution in [-0.4, -0.2) is 20.1 Å². The molecular formula is C14H15N3O. The quantitative estimate of drug-likeness (QED) is 0.833. The molecule has 0 saturated heterocycles. The molecule has 0 unspecified atom stereocenters. The number of aromatic nitrogens is 3. The molecule has 0 spiro atoms. The van der Waals surface area contributed by atoms with E-state index in [0.29, 0.717) is 11.5 Å². The smallest absolute Gasteiger partial charge is 0.182 e. The van der Waals surface area contributed by atoms with Gasteiger partial charge >= 0.3 is 0 Å². The van der Waals surface area contributed by atoms with E-state index in [0.717, 1.165) is 24.1 Å². The van der Waals surface area contributed by atoms with Gasteiger partial charge in [0.05, 0.1) is 0 Å². The van der Waals surface area contributed by atoms with Crippen LogP contribution in [0.3, 0.4) is 0 Å². The Kier molecular flexibility index (Phi) is 2.70. The van der Waals surface area contributed by atoms with Crippen LogP contribution in [0.4, 0.5) is 0 Å². The monoisotopic (exact) mass is 241 g/mol. The van der Waals surface area contributed by atoms with Crippen LogP contribution in [0.5, 0.6) is 5.75 Å². The van der Waals surface area contributed by atoms with E-state index in [4.69, 9.17) is 0 Å². The van der Waals surface area contributed by atoms with E-state index in [2.05, 4.69) is 15.0 Å². The summed E-state index contributed by atoms with van der Waals surface area (Å²) >= 11 is 0. The predicted octanol–water partition coefficient (Wildman–Crippen LogP) is 2.43. The lowest BCUT2D eigenvalue weighted by molar-refractivity contribution is 0.474. The van der Waals surface area contributed by atoms with E-state index in [9.17, 15) is 5.11 Å². The number of pyridine rings is 1. The fourth-order valence-electron chi connectivity index (χ4n) is 2.32. The van der Waals surface area contributed by atoms with Crippen LogP contribution >= 0.6 is 0 Å². The summed E-state index contributed by atoms with van der Waals surface area (Å²) in [6.07, 6.45) is 8.04. The van der Waals surface area contributed by atoms with Gasteiger partial charge in [-0.15, -0.1) is 0 Å². The Labute approximate surface area is 106 Å². The maximum Gasteiger partial charge on any atom is 0.182 e. The molecule has 1 aliphatic rings. The maximum atomic E-state index is 9.91. The van der Waals surface area contributed by atoms with Crippen LogP contribution < -0.4 is 0 Å². The molecule has 2 heterocycles. The van der Waals surface area contributed by atoms with E-state index in [-0.39, 0.29) is 5.75 Å². The minimum absolute atomic E-state index is 0.144. The first-order valence-corrected chi connectivity index (χ1v) is 6.25. The number of rotatable bonds is 1. The van der Waals surface area contributed by atoms with E-state index in [1.165, 1.54) is 18.4 Å². The van der Waals surface area contributed by atoms with Crippen molar-refractivity contribution in [3.63, 3.8) is 0 Å². The average Bonchev–Trinajstić information content (AvgIpc) is 2.38. The predicted molar refractivity (Wildman–Crippen MR) is 68.3 cm³/mol. The Bertz CT molecular complexity index is 596. The summed E-state index contributed by atoms with van der Waals surface area (Å²) in [7, 11) is 0. The first-order chi connectivity index (χ1) is 8.74. The summed E-state index contributed by atoms with van der Waals surface area (Å²) in [6, 6.07) is 1.69. The van der Waals surface area contributed by atoms with E-state index < -0.39 is 0 Å². The number of aryl methyl sites for hydroxylation is 3. The second kappa shape index (κ2) is 4.37. The highest BCUT2D eigenvalue weighted by atomic mass is 16.3. The molecule has 1 aliphatic carbocycles. The van der Waals surface area contributed by atoms with Crippen LogP contribution in [0.2, 0.25) is 0 Å². The molecule has 1 N–H and O–H groups in total. The number of nitrogens with zero attached hydrogens (tertiary/aromatic N) is 3. The Morgan fingerprint density at radius 3 is 2.78 bits per heavy atom. The van der Waals surface area contributed by atoms with Gasteiger partial charge in [0.15, 0.2) is 5.82 Å². The lowest BCUT2D eigenvalue weighted by Crippen LogP contribution is -2.07. The third kappa shape index (κ3) is 1.94. The fourth-order valence-corrected chi connectivity index (χ4v) is 2.32. The number of hydrogen-bond donors (Lipinski definition) is 1. The molecule has 2 aromatic rings. The lowest BCUT2D eigenvalue weighted by Gasteiger charge is -2.14. The Balaban J connectivity index is 2.06. The van der Waals surface area contributed by atoms with Crippen molar-refractivity contribution in [1.82, 2.24) is 15.0 Å². The molecule has 18 heavy (non-hydrogen) atoms. The van der Waals surface area contributed by atoms with Crippen LogP contribution in [0.25, 0.3) is 11.5 Å². The summed E-state index contributed by atoms with van der Waals surface area (Å²) in [5.74, 6) is 0.666. The average molecular weight is 241 g/mol. The summed E-state index contributed by atoms with van der Waals surface area (Å²) in [6.45, 7) is 1.89. The van der Waals surface area contributed by atoms with Crippen molar-refractivity contribution < 1.29 is 5.11 Å². The first kappa shape index (κ1) is 11.1. The first-order valence-electron chi connectivity index (χ1n) is 6.25. The van der Waals surface area contributed by atoms with Gasteiger partial charge in [-0.3, -0.25) is 0 Å². The van der Waals surface area contributed by atoms with Crippen molar-refractivity contribution in [2.75, 3.05) is 0 Å². The van der Waals surface area contributed by atoms with E-state index in [1.807, 2.05) is 13.1 Å². The molecule has 0 amide bonds. The summed E-state index contributed by atoms with van der Waals surface area (Å²) in [5.41, 5.74) is 3.73. The van der Waals surface area contributed by atoms with Gasteiger partial charge in [0.25, 0.3) is 0 Å². The zero-order chi connectivity index (χ0) is 12.5. The Morgan fingerprint density at radius 1 is 1.11 bits per heavy atom. The number of hydrogen-bond acceptors (Lipinski definition) is 4. The van der Waals surface area contributed by atoms with Gasteiger partial charge < -0.3 is 5.11 Å². The third-order valence-corrected chi connectivity index (χ3v) is 3.28. The standard InChI is InChI=1S/C14H15N3O/c1-9-6-12(18)13(15-7-9)14-16-8-10-4-2-3-5-11(10)17-14/h6-8,18H,2-5H2,1H3. The fraction of sp³-hybridized carbons (Fsp3) is 0.357. The Morgan fingerprint density at radius 2 is 1.94 bits per heavy atom. The molecule has 0 saturated carbocycles. The summed E-state index contributed by atoms with van der Waals surface area (Å²) in [5, 5.41) is 9.91. The number of aromatic hydroxyl groups is 1. The third-order valence-electron chi connectivity index (χ3n) is 3.28. The summed E-state index contributed by atoms with van der Waals surface area (Å²) in [4.78, 5) is 13.1. The second-order valence-electron chi connectivity index (χ2n) is 4.75. The molecular weight excluding hydrogens is 226 g/mol. The minimum atomic E-state index is 0.144. The molecule has 0 bridgehead atoms. The van der Waals surface area contributed by atoms with Crippen LogP contribution in [0.1, 0.15) is 29.7 Å². The second-order valence-corrected chi connectivity index (χ2v) is 4.75. The normalized spacial score (nSPS) is 14.3. The molecule has 3 rings (SSSR count). The van der Waals surface area contributed by atoms with Crippen molar-refractivity contribution in [1.29, 1.82) is 0 Å². The van der Waals surface area contributed by atoms with Gasteiger partial charge in [-0.1, -0.05) is 0 Å². The number of fused-ring (bicyclic) bond motifs is 1. The highest BCUT2D eigenvalue weighted by molar-refractivity contribution is 5.59. The SMILES string of the molecule is Cc1cnc(-c2ncc3c(n2)CCCC3)c(O)c1. The minimum Gasteiger partial charge on any atom is -0.506 e. The highest BCUT2D eigenvalue weighted by Gasteiger charge is 2.15. The molecule has 0 atom stereocenters. The molecule has 2 aromatic heterocycles.